The Balaban J connectivity index is 1.59. The van der Waals surface area contributed by atoms with Crippen molar-refractivity contribution in [3.05, 3.63) is 72.3 Å². The topological polar surface area (TPSA) is 54.0 Å². The fraction of sp³-hybridized carbons (Fsp3) is 0.583. The predicted octanol–water partition coefficient (Wildman–Crippen LogP) is 8.39. The van der Waals surface area contributed by atoms with Crippen LogP contribution in [0.3, 0.4) is 0 Å². The third-order valence-electron chi connectivity index (χ3n) is 10.3. The summed E-state index contributed by atoms with van der Waals surface area (Å²) in [5.74, 6) is 0. The zero-order valence-electron chi connectivity index (χ0n) is 27.7. The third-order valence-corrected chi connectivity index (χ3v) is 20.1. The Morgan fingerprint density at radius 3 is 1.91 bits per heavy atom. The fourth-order valence-electron chi connectivity index (χ4n) is 7.75. The maximum atomic E-state index is 12.1. The van der Waals surface area contributed by atoms with Gasteiger partial charge in [-0.1, -0.05) is 108 Å². The number of hydrogen-bond donors (Lipinski definition) is 0. The summed E-state index contributed by atoms with van der Waals surface area (Å²) < 4.78 is 25.2. The fourth-order valence-corrected chi connectivity index (χ4v) is 15.0. The van der Waals surface area contributed by atoms with Crippen molar-refractivity contribution in [1.82, 2.24) is 0 Å². The maximum absolute atomic E-state index is 12.1. The molecule has 1 unspecified atom stereocenters. The van der Waals surface area contributed by atoms with Gasteiger partial charge in [-0.25, -0.2) is 4.79 Å². The van der Waals surface area contributed by atoms with E-state index in [9.17, 15) is 4.79 Å². The first-order valence-corrected chi connectivity index (χ1v) is 20.9. The maximum Gasteiger partial charge on any atom is 0.509 e. The van der Waals surface area contributed by atoms with Crippen LogP contribution in [0.15, 0.2) is 72.3 Å². The first kappa shape index (κ1) is 33.7. The van der Waals surface area contributed by atoms with E-state index in [4.69, 9.17) is 18.3 Å². The lowest BCUT2D eigenvalue weighted by atomic mass is 9.69. The molecule has 0 amide bonds. The molecule has 0 radical (unpaired) electrons. The number of carbonyl (C=O) groups is 1. The number of hydrogen-bond acceptors (Lipinski definition) is 5. The molecular formula is C36H54O5Si2. The molecule has 2 aromatic rings. The molecule has 0 aromatic heterocycles. The smallest absolute Gasteiger partial charge is 0.430 e. The highest BCUT2D eigenvalue weighted by molar-refractivity contribution is 6.99. The Labute approximate surface area is 262 Å². The molecule has 1 saturated heterocycles. The van der Waals surface area contributed by atoms with Crippen LogP contribution >= 0.6 is 0 Å². The molecule has 1 aliphatic carbocycles. The second-order valence-corrected chi connectivity index (χ2v) is 22.8. The van der Waals surface area contributed by atoms with E-state index in [1.165, 1.54) is 15.9 Å². The largest absolute Gasteiger partial charge is 0.509 e. The van der Waals surface area contributed by atoms with E-state index in [-0.39, 0.29) is 17.1 Å². The van der Waals surface area contributed by atoms with E-state index < -0.39 is 28.4 Å². The molecule has 5 nitrogen and oxygen atoms in total. The molecule has 1 aliphatic heterocycles. The van der Waals surface area contributed by atoms with Crippen LogP contribution in [-0.4, -0.2) is 48.2 Å². The van der Waals surface area contributed by atoms with Crippen LogP contribution < -0.4 is 10.4 Å². The minimum atomic E-state index is -2.61. The summed E-state index contributed by atoms with van der Waals surface area (Å²) in [5, 5.41) is 2.55. The molecule has 0 spiro atoms. The second-order valence-electron chi connectivity index (χ2n) is 13.8. The highest BCUT2D eigenvalue weighted by Crippen LogP contribution is 2.52. The number of carbonyl (C=O) groups excluding carboxylic acids is 1. The molecule has 0 bridgehead atoms. The van der Waals surface area contributed by atoms with Crippen molar-refractivity contribution in [1.29, 1.82) is 0 Å². The molecule has 2 aromatic carbocycles. The summed E-state index contributed by atoms with van der Waals surface area (Å²) in [6, 6.07) is 25.2. The van der Waals surface area contributed by atoms with Crippen molar-refractivity contribution in [2.75, 3.05) is 19.8 Å². The van der Waals surface area contributed by atoms with Gasteiger partial charge >= 0.3 is 6.16 Å². The van der Waals surface area contributed by atoms with E-state index in [0.29, 0.717) is 6.61 Å². The molecule has 43 heavy (non-hydrogen) atoms. The van der Waals surface area contributed by atoms with Gasteiger partial charge < -0.3 is 18.3 Å². The minimum absolute atomic E-state index is 0.0586. The Bertz CT molecular complexity index is 1170. The predicted molar refractivity (Wildman–Crippen MR) is 181 cm³/mol. The number of ether oxygens (including phenoxy) is 2. The average Bonchev–Trinajstić information content (AvgIpc) is 3.59. The quantitative estimate of drug-likeness (QED) is 0.0864. The van der Waals surface area contributed by atoms with Crippen molar-refractivity contribution in [2.24, 2.45) is 5.41 Å². The van der Waals surface area contributed by atoms with Gasteiger partial charge in [-0.2, -0.15) is 0 Å². The summed E-state index contributed by atoms with van der Waals surface area (Å²) in [4.78, 5) is 12.1. The molecule has 2 atom stereocenters. The van der Waals surface area contributed by atoms with E-state index in [2.05, 4.69) is 108 Å². The van der Waals surface area contributed by atoms with Gasteiger partial charge in [0.25, 0.3) is 8.32 Å². The molecule has 0 N–H and O–H groups in total. The van der Waals surface area contributed by atoms with Gasteiger partial charge in [-0.05, 0) is 83.6 Å². The first-order chi connectivity index (χ1) is 20.5. The molecule has 7 heteroatoms. The Kier molecular flexibility index (Phi) is 10.8. The van der Waals surface area contributed by atoms with Crippen LogP contribution in [0.25, 0.3) is 0 Å². The van der Waals surface area contributed by atoms with Crippen LogP contribution in [0.2, 0.25) is 23.2 Å². The number of rotatable bonds is 15. The van der Waals surface area contributed by atoms with Crippen LogP contribution in [0.4, 0.5) is 4.79 Å². The normalized spacial score (nSPS) is 22.8. The molecular weight excluding hydrogens is 569 g/mol. The van der Waals surface area contributed by atoms with Gasteiger partial charge in [-0.15, -0.1) is 0 Å². The third kappa shape index (κ3) is 6.90. The average molecular weight is 623 g/mol. The Morgan fingerprint density at radius 2 is 1.42 bits per heavy atom. The lowest BCUT2D eigenvalue weighted by Gasteiger charge is -2.43. The van der Waals surface area contributed by atoms with Crippen LogP contribution in [0, 0.1) is 5.41 Å². The number of allylic oxidation sites excluding steroid dienone is 1. The summed E-state index contributed by atoms with van der Waals surface area (Å²) in [5.41, 5.74) is 0.394. The first-order valence-electron chi connectivity index (χ1n) is 16.5. The zero-order valence-corrected chi connectivity index (χ0v) is 29.7. The molecule has 2 aliphatic rings. The summed E-state index contributed by atoms with van der Waals surface area (Å²) >= 11 is 0. The van der Waals surface area contributed by atoms with Gasteiger partial charge in [0.2, 0.25) is 0 Å². The van der Waals surface area contributed by atoms with Crippen LogP contribution in [0.5, 0.6) is 0 Å². The minimum Gasteiger partial charge on any atom is -0.430 e. The zero-order chi connectivity index (χ0) is 31.2. The number of cyclic esters (lactones) is 2. The second kappa shape index (κ2) is 13.8. The van der Waals surface area contributed by atoms with E-state index in [1.54, 1.807) is 0 Å². The molecule has 4 rings (SSSR count). The van der Waals surface area contributed by atoms with Gasteiger partial charge in [0.05, 0.1) is 0 Å². The van der Waals surface area contributed by atoms with Crippen molar-refractivity contribution in [2.45, 2.75) is 109 Å². The summed E-state index contributed by atoms with van der Waals surface area (Å²) in [7, 11) is -4.32. The van der Waals surface area contributed by atoms with Gasteiger partial charge in [0, 0.05) is 13.2 Å². The van der Waals surface area contributed by atoms with E-state index >= 15 is 0 Å². The molecule has 1 fully saturated rings. The van der Waals surface area contributed by atoms with Crippen molar-refractivity contribution < 1.29 is 23.1 Å². The lowest BCUT2D eigenvalue weighted by molar-refractivity contribution is 0.0697. The number of benzene rings is 2. The van der Waals surface area contributed by atoms with E-state index in [1.807, 2.05) is 6.92 Å². The molecule has 236 valence electrons. The summed E-state index contributed by atoms with van der Waals surface area (Å²) in [6.45, 7) is 17.6. The Morgan fingerprint density at radius 1 is 0.837 bits per heavy atom. The molecule has 0 saturated carbocycles. The van der Waals surface area contributed by atoms with Crippen molar-refractivity contribution in [3.63, 3.8) is 0 Å². The van der Waals surface area contributed by atoms with Crippen LogP contribution in [0.1, 0.15) is 80.6 Å². The lowest BCUT2D eigenvalue weighted by Crippen LogP contribution is -2.66. The van der Waals surface area contributed by atoms with Crippen molar-refractivity contribution in [3.8, 4) is 0 Å². The highest BCUT2D eigenvalue weighted by Gasteiger charge is 2.52. The SMILES string of the molecule is CC[Si](CC)(CC)OCC[C@@]1(CCCO[Si](c2ccccc2)(c2ccccc2)C(C)(C)C)CCC=C1C1(C)COC(=O)O1. The van der Waals surface area contributed by atoms with Gasteiger partial charge in [0.15, 0.2) is 13.9 Å². The Hall–Kier alpha value is -2.20. The van der Waals surface area contributed by atoms with Crippen molar-refractivity contribution >= 4 is 33.2 Å². The van der Waals surface area contributed by atoms with Gasteiger partial charge in [0.1, 0.15) is 6.61 Å². The summed E-state index contributed by atoms with van der Waals surface area (Å²) in [6.07, 6.45) is 6.59. The van der Waals surface area contributed by atoms with Crippen LogP contribution in [-0.2, 0) is 18.3 Å². The standard InChI is InChI=1S/C36H54O5Si2/c1-8-42(9-2,10-3)39-28-26-36(24-17-23-32(36)35(7)29-38-33(37)41-35)25-18-27-40-43(34(4,5)6,30-19-13-11-14-20-30)31-21-15-12-16-22-31/h11-16,19-23H,8-10,17-18,24-29H2,1-7H3/t35?,36-/m0/s1. The molecule has 1 heterocycles. The van der Waals surface area contributed by atoms with Gasteiger partial charge in [-0.3, -0.25) is 0 Å². The monoisotopic (exact) mass is 622 g/mol. The highest BCUT2D eigenvalue weighted by atomic mass is 28.4. The van der Waals surface area contributed by atoms with E-state index in [0.717, 1.165) is 56.8 Å².